The van der Waals surface area contributed by atoms with Gasteiger partial charge in [-0.3, -0.25) is 9.79 Å². The SMILES string of the molecule is CCC(O)=C1C(=O)C[C@H](c2ccccc2)CC1=Nc1ccc2ccccc2c1. The van der Waals surface area contributed by atoms with Gasteiger partial charge in [0.2, 0.25) is 0 Å². The highest BCUT2D eigenvalue weighted by Crippen LogP contribution is 2.35. The highest BCUT2D eigenvalue weighted by atomic mass is 16.3. The summed E-state index contributed by atoms with van der Waals surface area (Å²) in [5.74, 6) is 0.191. The van der Waals surface area contributed by atoms with E-state index >= 15 is 0 Å². The molecule has 0 heterocycles. The second-order valence-electron chi connectivity index (χ2n) is 7.20. The molecule has 4 rings (SSSR count). The highest BCUT2D eigenvalue weighted by Gasteiger charge is 2.32. The van der Waals surface area contributed by atoms with E-state index < -0.39 is 0 Å². The van der Waals surface area contributed by atoms with Gasteiger partial charge in [-0.05, 0) is 40.8 Å². The number of aliphatic hydroxyl groups excluding tert-OH is 1. The Morgan fingerprint density at radius 3 is 2.43 bits per heavy atom. The molecule has 1 N–H and O–H groups in total. The van der Waals surface area contributed by atoms with Gasteiger partial charge in [-0.1, -0.05) is 67.6 Å². The quantitative estimate of drug-likeness (QED) is 0.436. The minimum Gasteiger partial charge on any atom is -0.512 e. The van der Waals surface area contributed by atoms with E-state index in [1.165, 1.54) is 0 Å². The third-order valence-corrected chi connectivity index (χ3v) is 5.33. The van der Waals surface area contributed by atoms with Gasteiger partial charge in [-0.25, -0.2) is 0 Å². The number of fused-ring (bicyclic) bond motifs is 1. The van der Waals surface area contributed by atoms with Crippen LogP contribution in [0.2, 0.25) is 0 Å². The van der Waals surface area contributed by atoms with Crippen molar-refractivity contribution in [1.29, 1.82) is 0 Å². The van der Waals surface area contributed by atoms with Gasteiger partial charge in [0, 0.05) is 12.8 Å². The van der Waals surface area contributed by atoms with E-state index in [0.717, 1.165) is 22.0 Å². The van der Waals surface area contributed by atoms with Crippen LogP contribution in [0.4, 0.5) is 5.69 Å². The Bertz CT molecular complexity index is 1080. The standard InChI is InChI=1S/C25H23NO2/c1-2-23(27)25-22(15-20(16-24(25)28)17-8-4-3-5-9-17)26-21-13-12-18-10-6-7-11-19(18)14-21/h3-14,20,27H,2,15-16H2,1H3/t20-/m1/s1. The van der Waals surface area contributed by atoms with E-state index in [-0.39, 0.29) is 17.5 Å². The number of carbonyl (C=O) groups is 1. The zero-order chi connectivity index (χ0) is 19.5. The maximum atomic E-state index is 12.9. The number of hydrogen-bond acceptors (Lipinski definition) is 3. The van der Waals surface area contributed by atoms with Crippen LogP contribution in [0.3, 0.4) is 0 Å². The van der Waals surface area contributed by atoms with Crippen LogP contribution in [-0.4, -0.2) is 16.6 Å². The second kappa shape index (κ2) is 7.81. The van der Waals surface area contributed by atoms with Gasteiger partial charge in [0.1, 0.15) is 5.76 Å². The van der Waals surface area contributed by atoms with Crippen molar-refractivity contribution in [1.82, 2.24) is 0 Å². The Morgan fingerprint density at radius 1 is 0.964 bits per heavy atom. The molecule has 0 radical (unpaired) electrons. The zero-order valence-corrected chi connectivity index (χ0v) is 15.9. The van der Waals surface area contributed by atoms with Gasteiger partial charge in [0.25, 0.3) is 0 Å². The maximum absolute atomic E-state index is 12.9. The van der Waals surface area contributed by atoms with Gasteiger partial charge >= 0.3 is 0 Å². The predicted octanol–water partition coefficient (Wildman–Crippen LogP) is 6.28. The van der Waals surface area contributed by atoms with E-state index in [2.05, 4.69) is 24.3 Å². The number of Topliss-reactive ketones (excluding diaryl/α,β-unsaturated/α-hetero) is 1. The van der Waals surface area contributed by atoms with Crippen LogP contribution in [0.1, 0.15) is 37.7 Å². The van der Waals surface area contributed by atoms with Gasteiger partial charge in [-0.15, -0.1) is 0 Å². The minimum absolute atomic E-state index is 0.0287. The fourth-order valence-electron chi connectivity index (χ4n) is 3.86. The average Bonchev–Trinajstić information content (AvgIpc) is 2.73. The number of aliphatic hydroxyl groups is 1. The largest absolute Gasteiger partial charge is 0.512 e. The molecule has 28 heavy (non-hydrogen) atoms. The first-order valence-electron chi connectivity index (χ1n) is 9.72. The lowest BCUT2D eigenvalue weighted by Crippen LogP contribution is -2.26. The number of allylic oxidation sites excluding steroid dienone is 2. The molecule has 1 atom stereocenters. The molecule has 0 spiro atoms. The smallest absolute Gasteiger partial charge is 0.168 e. The predicted molar refractivity (Wildman–Crippen MR) is 114 cm³/mol. The molecule has 3 aromatic carbocycles. The van der Waals surface area contributed by atoms with Crippen LogP contribution in [0.15, 0.2) is 89.1 Å². The van der Waals surface area contributed by atoms with Gasteiger partial charge in [-0.2, -0.15) is 0 Å². The number of aliphatic imine (C=N–C) groups is 1. The molecule has 3 heteroatoms. The van der Waals surface area contributed by atoms with Crippen molar-refractivity contribution < 1.29 is 9.90 Å². The summed E-state index contributed by atoms with van der Waals surface area (Å²) >= 11 is 0. The highest BCUT2D eigenvalue weighted by molar-refractivity contribution is 6.25. The molecule has 1 saturated carbocycles. The first kappa shape index (κ1) is 18.2. The lowest BCUT2D eigenvalue weighted by Gasteiger charge is -2.25. The number of carbonyl (C=O) groups excluding carboxylic acids is 1. The summed E-state index contributed by atoms with van der Waals surface area (Å²) in [6, 6.07) is 24.2. The molecule has 3 aromatic rings. The lowest BCUT2D eigenvalue weighted by atomic mass is 9.79. The fourth-order valence-corrected chi connectivity index (χ4v) is 3.86. The summed E-state index contributed by atoms with van der Waals surface area (Å²) in [5.41, 5.74) is 3.02. The van der Waals surface area contributed by atoms with Crippen molar-refractivity contribution in [2.75, 3.05) is 0 Å². The summed E-state index contributed by atoms with van der Waals surface area (Å²) in [6.07, 6.45) is 1.47. The Kier molecular flexibility index (Phi) is 5.07. The van der Waals surface area contributed by atoms with Crippen molar-refractivity contribution in [3.63, 3.8) is 0 Å². The Balaban J connectivity index is 1.78. The van der Waals surface area contributed by atoms with Crippen LogP contribution in [0, 0.1) is 0 Å². The van der Waals surface area contributed by atoms with E-state index in [4.69, 9.17) is 4.99 Å². The van der Waals surface area contributed by atoms with Crippen LogP contribution in [-0.2, 0) is 4.79 Å². The third-order valence-electron chi connectivity index (χ3n) is 5.33. The Hall–Kier alpha value is -3.20. The monoisotopic (exact) mass is 369 g/mol. The van der Waals surface area contributed by atoms with Crippen molar-refractivity contribution >= 4 is 28.0 Å². The zero-order valence-electron chi connectivity index (χ0n) is 15.9. The van der Waals surface area contributed by atoms with Gasteiger partial charge < -0.3 is 5.11 Å². The molecule has 1 fully saturated rings. The average molecular weight is 369 g/mol. The summed E-state index contributed by atoms with van der Waals surface area (Å²) in [7, 11) is 0. The van der Waals surface area contributed by atoms with Crippen molar-refractivity contribution in [3.8, 4) is 0 Å². The Labute approximate surface area is 165 Å². The molecule has 0 bridgehead atoms. The number of rotatable bonds is 3. The van der Waals surface area contributed by atoms with Gasteiger partial charge in [0.05, 0.1) is 17.0 Å². The second-order valence-corrected chi connectivity index (χ2v) is 7.20. The first-order chi connectivity index (χ1) is 13.7. The summed E-state index contributed by atoms with van der Waals surface area (Å²) < 4.78 is 0. The van der Waals surface area contributed by atoms with Gasteiger partial charge in [0.15, 0.2) is 5.78 Å². The molecule has 0 amide bonds. The normalized spacial score (nSPS) is 20.5. The molecular weight excluding hydrogens is 346 g/mol. The first-order valence-corrected chi connectivity index (χ1v) is 9.72. The van der Waals surface area contributed by atoms with Crippen molar-refractivity contribution in [2.24, 2.45) is 4.99 Å². The minimum atomic E-state index is -0.0287. The lowest BCUT2D eigenvalue weighted by molar-refractivity contribution is -0.115. The maximum Gasteiger partial charge on any atom is 0.168 e. The number of ketones is 1. The molecule has 140 valence electrons. The molecular formula is C25H23NO2. The number of hydrogen-bond donors (Lipinski definition) is 1. The van der Waals surface area contributed by atoms with Crippen LogP contribution < -0.4 is 0 Å². The molecule has 0 aliphatic heterocycles. The topological polar surface area (TPSA) is 49.7 Å². The van der Waals surface area contributed by atoms with E-state index in [0.29, 0.717) is 30.5 Å². The van der Waals surface area contributed by atoms with Crippen LogP contribution in [0.25, 0.3) is 10.8 Å². The molecule has 0 aromatic heterocycles. The van der Waals surface area contributed by atoms with Crippen LogP contribution >= 0.6 is 0 Å². The van der Waals surface area contributed by atoms with Crippen molar-refractivity contribution in [2.45, 2.75) is 32.1 Å². The molecule has 1 aliphatic rings. The summed E-state index contributed by atoms with van der Waals surface area (Å²) in [5, 5.41) is 12.7. The number of benzene rings is 3. The molecule has 0 saturated heterocycles. The summed E-state index contributed by atoms with van der Waals surface area (Å²) in [4.78, 5) is 17.7. The van der Waals surface area contributed by atoms with Crippen molar-refractivity contribution in [3.05, 3.63) is 89.7 Å². The van der Waals surface area contributed by atoms with E-state index in [1.807, 2.05) is 55.5 Å². The molecule has 0 unspecified atom stereocenters. The molecule has 3 nitrogen and oxygen atoms in total. The third kappa shape index (κ3) is 3.61. The summed E-state index contributed by atoms with van der Waals surface area (Å²) in [6.45, 7) is 1.85. The van der Waals surface area contributed by atoms with Crippen LogP contribution in [0.5, 0.6) is 0 Å². The number of nitrogens with zero attached hydrogens (tertiary/aromatic N) is 1. The Morgan fingerprint density at radius 2 is 1.68 bits per heavy atom. The fraction of sp³-hybridized carbons (Fsp3) is 0.200. The molecule has 1 aliphatic carbocycles. The van der Waals surface area contributed by atoms with E-state index in [9.17, 15) is 9.90 Å². The van der Waals surface area contributed by atoms with E-state index in [1.54, 1.807) is 0 Å².